The molecular weight excluding hydrogens is 447 g/mol. The summed E-state index contributed by atoms with van der Waals surface area (Å²) in [6.07, 6.45) is -3.01. The van der Waals surface area contributed by atoms with Gasteiger partial charge in [-0.15, -0.1) is 16.8 Å². The molecule has 1 heterocycles. The molecule has 0 aliphatic heterocycles. The van der Waals surface area contributed by atoms with Crippen molar-refractivity contribution in [2.24, 2.45) is 0 Å². The van der Waals surface area contributed by atoms with Gasteiger partial charge in [-0.25, -0.2) is 0 Å². The molecule has 0 saturated carbocycles. The highest BCUT2D eigenvalue weighted by Gasteiger charge is 2.30. The largest absolute Gasteiger partial charge is 0.483 e. The van der Waals surface area contributed by atoms with Gasteiger partial charge in [0, 0.05) is 12.3 Å². The molecule has 33 heavy (non-hydrogen) atoms. The van der Waals surface area contributed by atoms with Gasteiger partial charge in [0.15, 0.2) is 17.1 Å². The van der Waals surface area contributed by atoms with Crippen molar-refractivity contribution < 1.29 is 17.9 Å². The van der Waals surface area contributed by atoms with Crippen molar-refractivity contribution in [1.29, 1.82) is 0 Å². The molecule has 0 saturated heterocycles. The number of nitrogens with zero attached hydrogens (tertiary/aromatic N) is 3. The molecule has 4 nitrogen and oxygen atoms in total. The van der Waals surface area contributed by atoms with Gasteiger partial charge in [-0.1, -0.05) is 68.9 Å². The van der Waals surface area contributed by atoms with Gasteiger partial charge in [-0.2, -0.15) is 13.2 Å². The highest BCUT2D eigenvalue weighted by molar-refractivity contribution is 7.98. The lowest BCUT2D eigenvalue weighted by atomic mass is 9.87. The lowest BCUT2D eigenvalue weighted by molar-refractivity contribution is -0.137. The molecule has 0 bridgehead atoms. The first-order valence-electron chi connectivity index (χ1n) is 10.6. The Kier molecular flexibility index (Phi) is 7.57. The van der Waals surface area contributed by atoms with Crippen LogP contribution in [0.5, 0.6) is 5.75 Å². The third kappa shape index (κ3) is 6.41. The smallest absolute Gasteiger partial charge is 0.416 e. The zero-order valence-corrected chi connectivity index (χ0v) is 20.0. The van der Waals surface area contributed by atoms with Crippen LogP contribution >= 0.6 is 11.8 Å². The van der Waals surface area contributed by atoms with Gasteiger partial charge < -0.3 is 4.74 Å². The monoisotopic (exact) mass is 475 g/mol. The maximum Gasteiger partial charge on any atom is 0.416 e. The fourth-order valence-corrected chi connectivity index (χ4v) is 4.18. The summed E-state index contributed by atoms with van der Waals surface area (Å²) in [7, 11) is 0. The quantitative estimate of drug-likeness (QED) is 0.255. The van der Waals surface area contributed by atoms with Crippen molar-refractivity contribution in [3.63, 3.8) is 0 Å². The summed E-state index contributed by atoms with van der Waals surface area (Å²) in [6.45, 7) is 12.6. The van der Waals surface area contributed by atoms with E-state index in [1.807, 2.05) is 35.8 Å². The number of aromatic nitrogens is 3. The minimum atomic E-state index is -4.37. The maximum atomic E-state index is 13.0. The van der Waals surface area contributed by atoms with Crippen LogP contribution in [0.2, 0.25) is 0 Å². The van der Waals surface area contributed by atoms with Crippen LogP contribution in [0.25, 0.3) is 0 Å². The van der Waals surface area contributed by atoms with E-state index < -0.39 is 11.7 Å². The van der Waals surface area contributed by atoms with Crippen LogP contribution in [0.3, 0.4) is 0 Å². The van der Waals surface area contributed by atoms with Crippen molar-refractivity contribution in [2.75, 3.05) is 0 Å². The molecule has 1 unspecified atom stereocenters. The Balaban J connectivity index is 1.74. The lowest BCUT2D eigenvalue weighted by Crippen LogP contribution is -2.13. The van der Waals surface area contributed by atoms with E-state index in [1.165, 1.54) is 23.4 Å². The molecule has 0 N–H and O–H groups in total. The second-order valence-electron chi connectivity index (χ2n) is 8.76. The number of thioether (sulfide) groups is 1. The summed E-state index contributed by atoms with van der Waals surface area (Å²) in [5.74, 6) is 1.69. The van der Waals surface area contributed by atoms with Gasteiger partial charge in [0.2, 0.25) is 0 Å². The minimum absolute atomic E-state index is 0.0556. The first-order chi connectivity index (χ1) is 15.5. The van der Waals surface area contributed by atoms with Crippen LogP contribution in [0.4, 0.5) is 13.2 Å². The number of hydrogen-bond acceptors (Lipinski definition) is 4. The van der Waals surface area contributed by atoms with E-state index in [-0.39, 0.29) is 11.5 Å². The lowest BCUT2D eigenvalue weighted by Gasteiger charge is -2.20. The third-order valence-electron chi connectivity index (χ3n) is 5.08. The van der Waals surface area contributed by atoms with Gasteiger partial charge >= 0.3 is 6.18 Å². The molecule has 0 aliphatic carbocycles. The molecule has 1 aromatic heterocycles. The standard InChI is InChI=1S/C25H28F3N3OS/c1-6-14-31-22(17(2)32-21-12-10-19(11-13-21)24(3,4)5)29-30-23(31)33-16-18-8-7-9-20(15-18)25(26,27)28/h6-13,15,17H,1,14,16H2,2-5H3. The van der Waals surface area contributed by atoms with E-state index in [1.54, 1.807) is 12.1 Å². The molecule has 0 amide bonds. The summed E-state index contributed by atoms with van der Waals surface area (Å²) < 4.78 is 46.9. The molecule has 2 aromatic carbocycles. The summed E-state index contributed by atoms with van der Waals surface area (Å²) in [5.41, 5.74) is 1.17. The molecule has 3 aromatic rings. The van der Waals surface area contributed by atoms with E-state index in [0.29, 0.717) is 28.8 Å². The van der Waals surface area contributed by atoms with Crippen LogP contribution in [0.1, 0.15) is 56.3 Å². The predicted octanol–water partition coefficient (Wildman–Crippen LogP) is 7.21. The highest BCUT2D eigenvalue weighted by Crippen LogP contribution is 2.32. The maximum absolute atomic E-state index is 13.0. The Labute approximate surface area is 196 Å². The second kappa shape index (κ2) is 10.0. The van der Waals surface area contributed by atoms with Gasteiger partial charge in [-0.05, 0) is 41.7 Å². The Hall–Kier alpha value is -2.74. The zero-order valence-electron chi connectivity index (χ0n) is 19.2. The minimum Gasteiger partial charge on any atom is -0.483 e. The number of alkyl halides is 3. The van der Waals surface area contributed by atoms with Gasteiger partial charge in [-0.3, -0.25) is 4.57 Å². The van der Waals surface area contributed by atoms with Crippen LogP contribution < -0.4 is 4.74 Å². The molecule has 0 fully saturated rings. The first-order valence-corrected chi connectivity index (χ1v) is 11.6. The SMILES string of the molecule is C=CCn1c(SCc2cccc(C(F)(F)F)c2)nnc1C(C)Oc1ccc(C(C)(C)C)cc1. The molecular formula is C25H28F3N3OS. The Morgan fingerprint density at radius 1 is 1.06 bits per heavy atom. The zero-order chi connectivity index (χ0) is 24.2. The normalized spacial score (nSPS) is 13.1. The Morgan fingerprint density at radius 2 is 1.76 bits per heavy atom. The van der Waals surface area contributed by atoms with E-state index in [9.17, 15) is 13.2 Å². The molecule has 0 radical (unpaired) electrons. The van der Waals surface area contributed by atoms with Crippen molar-refractivity contribution in [1.82, 2.24) is 14.8 Å². The fraction of sp³-hybridized carbons (Fsp3) is 0.360. The van der Waals surface area contributed by atoms with Crippen molar-refractivity contribution >= 4 is 11.8 Å². The molecule has 3 rings (SSSR count). The molecule has 0 aliphatic rings. The average Bonchev–Trinajstić information content (AvgIpc) is 3.14. The van der Waals surface area contributed by atoms with Gasteiger partial charge in [0.05, 0.1) is 5.56 Å². The number of hydrogen-bond donors (Lipinski definition) is 0. The summed E-state index contributed by atoms with van der Waals surface area (Å²) >= 11 is 1.33. The van der Waals surface area contributed by atoms with Crippen LogP contribution in [0, 0.1) is 0 Å². The number of rotatable bonds is 8. The Morgan fingerprint density at radius 3 is 2.36 bits per heavy atom. The van der Waals surface area contributed by atoms with E-state index in [0.717, 1.165) is 17.9 Å². The van der Waals surface area contributed by atoms with E-state index in [2.05, 4.69) is 37.5 Å². The summed E-state index contributed by atoms with van der Waals surface area (Å²) in [6, 6.07) is 13.3. The predicted molar refractivity (Wildman–Crippen MR) is 125 cm³/mol. The Bertz CT molecular complexity index is 1090. The number of allylic oxidation sites excluding steroid dienone is 1. The summed E-state index contributed by atoms with van der Waals surface area (Å²) in [5, 5.41) is 9.15. The second-order valence-corrected chi connectivity index (χ2v) is 9.70. The molecule has 8 heteroatoms. The van der Waals surface area contributed by atoms with Crippen molar-refractivity contribution in [3.8, 4) is 5.75 Å². The van der Waals surface area contributed by atoms with Crippen LogP contribution in [-0.4, -0.2) is 14.8 Å². The fourth-order valence-electron chi connectivity index (χ4n) is 3.28. The van der Waals surface area contributed by atoms with E-state index in [4.69, 9.17) is 4.74 Å². The van der Waals surface area contributed by atoms with Crippen LogP contribution in [0.15, 0.2) is 66.3 Å². The van der Waals surface area contributed by atoms with Gasteiger partial charge in [0.25, 0.3) is 0 Å². The van der Waals surface area contributed by atoms with E-state index >= 15 is 0 Å². The number of benzene rings is 2. The average molecular weight is 476 g/mol. The topological polar surface area (TPSA) is 39.9 Å². The first kappa shape index (κ1) is 24.9. The summed E-state index contributed by atoms with van der Waals surface area (Å²) in [4.78, 5) is 0. The number of ether oxygens (including phenoxy) is 1. The van der Waals surface area contributed by atoms with Crippen molar-refractivity contribution in [2.45, 2.75) is 62.8 Å². The van der Waals surface area contributed by atoms with Gasteiger partial charge in [0.1, 0.15) is 5.75 Å². The molecule has 1 atom stereocenters. The highest BCUT2D eigenvalue weighted by atomic mass is 32.2. The molecule has 0 spiro atoms. The van der Waals surface area contributed by atoms with Crippen molar-refractivity contribution in [3.05, 3.63) is 83.7 Å². The molecule has 176 valence electrons. The number of halogens is 3. The van der Waals surface area contributed by atoms with Crippen LogP contribution in [-0.2, 0) is 23.9 Å². The third-order valence-corrected chi connectivity index (χ3v) is 6.11.